The van der Waals surface area contributed by atoms with E-state index in [1.165, 1.54) is 6.92 Å². The normalized spacial score (nSPS) is 9.17. The standard InChI is InChI=1S/C9H11N2O/c1-7(12)11-9-5-3-4-8(6-9)10-2/h3-6,10H,2H2,1H3,(H,11,12). The summed E-state index contributed by atoms with van der Waals surface area (Å²) in [5.74, 6) is -0.0730. The van der Waals surface area contributed by atoms with Gasteiger partial charge in [0, 0.05) is 25.3 Å². The van der Waals surface area contributed by atoms with Crippen molar-refractivity contribution in [3.63, 3.8) is 0 Å². The first-order chi connectivity index (χ1) is 5.72. The van der Waals surface area contributed by atoms with E-state index in [9.17, 15) is 4.79 Å². The Morgan fingerprint density at radius 3 is 2.67 bits per heavy atom. The molecule has 0 aliphatic heterocycles. The molecule has 3 heteroatoms. The summed E-state index contributed by atoms with van der Waals surface area (Å²) in [5.41, 5.74) is 1.65. The Morgan fingerprint density at radius 1 is 1.42 bits per heavy atom. The lowest BCUT2D eigenvalue weighted by Gasteiger charge is -2.04. The highest BCUT2D eigenvalue weighted by molar-refractivity contribution is 5.89. The quantitative estimate of drug-likeness (QED) is 0.698. The molecule has 0 atom stereocenters. The minimum atomic E-state index is -0.0730. The van der Waals surface area contributed by atoms with Crippen LogP contribution in [0.15, 0.2) is 24.3 Å². The third kappa shape index (κ3) is 2.27. The number of hydrogen-bond acceptors (Lipinski definition) is 2. The minimum Gasteiger partial charge on any atom is -0.383 e. The van der Waals surface area contributed by atoms with E-state index in [0.717, 1.165) is 11.4 Å². The van der Waals surface area contributed by atoms with Crippen molar-refractivity contribution in [1.29, 1.82) is 0 Å². The first-order valence-electron chi connectivity index (χ1n) is 3.63. The summed E-state index contributed by atoms with van der Waals surface area (Å²) in [6.07, 6.45) is 0. The largest absolute Gasteiger partial charge is 0.383 e. The van der Waals surface area contributed by atoms with Gasteiger partial charge in [0.25, 0.3) is 0 Å². The van der Waals surface area contributed by atoms with Crippen LogP contribution < -0.4 is 10.6 Å². The molecule has 12 heavy (non-hydrogen) atoms. The van der Waals surface area contributed by atoms with Crippen LogP contribution in [0.1, 0.15) is 6.92 Å². The van der Waals surface area contributed by atoms with E-state index in [2.05, 4.69) is 17.7 Å². The number of nitrogens with one attached hydrogen (secondary N) is 2. The Bertz CT molecular complexity index is 284. The number of anilines is 2. The molecule has 0 unspecified atom stereocenters. The van der Waals surface area contributed by atoms with Crippen LogP contribution in [0.4, 0.5) is 11.4 Å². The number of hydrogen-bond donors (Lipinski definition) is 2. The Morgan fingerprint density at radius 2 is 2.08 bits per heavy atom. The highest BCUT2D eigenvalue weighted by atomic mass is 16.1. The van der Waals surface area contributed by atoms with Crippen molar-refractivity contribution in [1.82, 2.24) is 0 Å². The average Bonchev–Trinajstić information content (AvgIpc) is 2.03. The zero-order chi connectivity index (χ0) is 8.97. The summed E-state index contributed by atoms with van der Waals surface area (Å²) in [4.78, 5) is 10.7. The highest BCUT2D eigenvalue weighted by Crippen LogP contribution is 2.13. The lowest BCUT2D eigenvalue weighted by Crippen LogP contribution is -2.05. The molecule has 1 aromatic rings. The van der Waals surface area contributed by atoms with Crippen LogP contribution in [0, 0.1) is 7.05 Å². The molecule has 0 saturated heterocycles. The number of benzene rings is 1. The highest BCUT2D eigenvalue weighted by Gasteiger charge is 1.94. The van der Waals surface area contributed by atoms with Gasteiger partial charge in [0.2, 0.25) is 5.91 Å². The zero-order valence-corrected chi connectivity index (χ0v) is 6.92. The molecular weight excluding hydrogens is 152 g/mol. The van der Waals surface area contributed by atoms with Crippen LogP contribution in [0.3, 0.4) is 0 Å². The van der Waals surface area contributed by atoms with Crippen molar-refractivity contribution in [3.05, 3.63) is 31.3 Å². The van der Waals surface area contributed by atoms with Crippen molar-refractivity contribution >= 4 is 17.3 Å². The van der Waals surface area contributed by atoms with Gasteiger partial charge in [-0.05, 0) is 18.2 Å². The van der Waals surface area contributed by atoms with Crippen LogP contribution in [0.5, 0.6) is 0 Å². The minimum absolute atomic E-state index is 0.0730. The molecule has 1 amide bonds. The summed E-state index contributed by atoms with van der Waals surface area (Å²) in [7, 11) is 3.51. The van der Waals surface area contributed by atoms with E-state index in [-0.39, 0.29) is 5.91 Å². The lowest BCUT2D eigenvalue weighted by molar-refractivity contribution is -0.114. The van der Waals surface area contributed by atoms with Gasteiger partial charge >= 0.3 is 0 Å². The maximum absolute atomic E-state index is 10.7. The predicted molar refractivity (Wildman–Crippen MR) is 49.7 cm³/mol. The Kier molecular flexibility index (Phi) is 2.69. The average molecular weight is 163 g/mol. The second-order valence-electron chi connectivity index (χ2n) is 2.44. The van der Waals surface area contributed by atoms with Crippen molar-refractivity contribution in [2.24, 2.45) is 0 Å². The smallest absolute Gasteiger partial charge is 0.221 e. The van der Waals surface area contributed by atoms with E-state index < -0.39 is 0 Å². The summed E-state index contributed by atoms with van der Waals surface area (Å²) in [6, 6.07) is 7.35. The van der Waals surface area contributed by atoms with E-state index in [0.29, 0.717) is 0 Å². The molecule has 0 aliphatic carbocycles. The first-order valence-corrected chi connectivity index (χ1v) is 3.63. The second kappa shape index (κ2) is 3.76. The van der Waals surface area contributed by atoms with Crippen LogP contribution in [-0.2, 0) is 4.79 Å². The molecule has 1 radical (unpaired) electrons. The van der Waals surface area contributed by atoms with Gasteiger partial charge in [-0.25, -0.2) is 0 Å². The van der Waals surface area contributed by atoms with Crippen LogP contribution in [-0.4, -0.2) is 5.91 Å². The zero-order valence-electron chi connectivity index (χ0n) is 6.92. The Labute approximate surface area is 71.8 Å². The van der Waals surface area contributed by atoms with Gasteiger partial charge in [-0.3, -0.25) is 4.79 Å². The third-order valence-electron chi connectivity index (χ3n) is 1.39. The number of carbonyl (C=O) groups excluding carboxylic acids is 1. The molecule has 1 aromatic carbocycles. The summed E-state index contributed by atoms with van der Waals surface area (Å²) < 4.78 is 0. The molecule has 2 N–H and O–H groups in total. The molecule has 0 bridgehead atoms. The summed E-state index contributed by atoms with van der Waals surface area (Å²) in [5, 5.41) is 5.41. The Hall–Kier alpha value is -1.51. The van der Waals surface area contributed by atoms with Gasteiger partial charge in [0.05, 0.1) is 0 Å². The van der Waals surface area contributed by atoms with Crippen LogP contribution >= 0.6 is 0 Å². The topological polar surface area (TPSA) is 41.1 Å². The van der Waals surface area contributed by atoms with Gasteiger partial charge < -0.3 is 10.6 Å². The monoisotopic (exact) mass is 163 g/mol. The van der Waals surface area contributed by atoms with E-state index in [1.807, 2.05) is 24.3 Å². The predicted octanol–water partition coefficient (Wildman–Crippen LogP) is 1.85. The molecule has 1 rings (SSSR count). The molecule has 0 heterocycles. The van der Waals surface area contributed by atoms with E-state index in [4.69, 9.17) is 0 Å². The van der Waals surface area contributed by atoms with Crippen molar-refractivity contribution < 1.29 is 4.79 Å². The first kappa shape index (κ1) is 8.59. The van der Waals surface area contributed by atoms with Crippen LogP contribution in [0.2, 0.25) is 0 Å². The summed E-state index contributed by atoms with van der Waals surface area (Å²) in [6.45, 7) is 1.48. The maximum Gasteiger partial charge on any atom is 0.221 e. The van der Waals surface area contributed by atoms with Crippen molar-refractivity contribution in [2.45, 2.75) is 6.92 Å². The van der Waals surface area contributed by atoms with Crippen LogP contribution in [0.25, 0.3) is 0 Å². The molecule has 0 fully saturated rings. The molecule has 0 aliphatic rings. The fourth-order valence-corrected chi connectivity index (χ4v) is 0.910. The SMILES string of the molecule is [CH2]Nc1cccc(NC(C)=O)c1. The van der Waals surface area contributed by atoms with Crippen molar-refractivity contribution in [2.75, 3.05) is 10.6 Å². The third-order valence-corrected chi connectivity index (χ3v) is 1.39. The van der Waals surface area contributed by atoms with Crippen molar-refractivity contribution in [3.8, 4) is 0 Å². The fraction of sp³-hybridized carbons (Fsp3) is 0.111. The van der Waals surface area contributed by atoms with Gasteiger partial charge in [-0.1, -0.05) is 6.07 Å². The molecule has 3 nitrogen and oxygen atoms in total. The molecule has 63 valence electrons. The molecule has 0 aromatic heterocycles. The number of carbonyl (C=O) groups is 1. The molecular formula is C9H11N2O. The van der Waals surface area contributed by atoms with Gasteiger partial charge in [0.1, 0.15) is 0 Å². The van der Waals surface area contributed by atoms with E-state index in [1.54, 1.807) is 0 Å². The number of rotatable bonds is 2. The molecule has 0 saturated carbocycles. The Balaban J connectivity index is 2.79. The summed E-state index contributed by atoms with van der Waals surface area (Å²) >= 11 is 0. The van der Waals surface area contributed by atoms with Gasteiger partial charge in [-0.2, -0.15) is 0 Å². The van der Waals surface area contributed by atoms with Gasteiger partial charge in [0.15, 0.2) is 0 Å². The molecule has 0 spiro atoms. The number of amides is 1. The lowest BCUT2D eigenvalue weighted by atomic mass is 10.3. The second-order valence-corrected chi connectivity index (χ2v) is 2.44. The van der Waals surface area contributed by atoms with Gasteiger partial charge in [-0.15, -0.1) is 0 Å². The maximum atomic E-state index is 10.7. The van der Waals surface area contributed by atoms with E-state index >= 15 is 0 Å². The fourth-order valence-electron chi connectivity index (χ4n) is 0.910.